The average molecular weight is 249 g/mol. The topological polar surface area (TPSA) is 12.5 Å². The first-order valence-electron chi connectivity index (χ1n) is 6.76. The van der Waals surface area contributed by atoms with E-state index in [2.05, 4.69) is 47.8 Å². The summed E-state index contributed by atoms with van der Waals surface area (Å²) < 4.78 is 6.02. The van der Waals surface area contributed by atoms with Crippen LogP contribution in [0.3, 0.4) is 0 Å². The molecule has 2 nitrogen and oxygen atoms in total. The van der Waals surface area contributed by atoms with Gasteiger partial charge in [-0.05, 0) is 29.2 Å². The number of hydrogen-bond donors (Lipinski definition) is 0. The van der Waals surface area contributed by atoms with E-state index in [1.54, 1.807) is 0 Å². The van der Waals surface area contributed by atoms with Gasteiger partial charge in [-0.15, -0.1) is 0 Å². The molecule has 2 radical (unpaired) electrons. The summed E-state index contributed by atoms with van der Waals surface area (Å²) in [6.07, 6.45) is 2.12. The molecule has 2 heteroatoms. The first kappa shape index (κ1) is 11.1. The molecule has 4 rings (SSSR count). The maximum atomic E-state index is 6.02. The van der Waals surface area contributed by atoms with Gasteiger partial charge in [-0.1, -0.05) is 42.5 Å². The Morgan fingerprint density at radius 3 is 2.68 bits per heavy atom. The summed E-state index contributed by atoms with van der Waals surface area (Å²) in [5.74, 6) is 1.02. The van der Waals surface area contributed by atoms with Crippen molar-refractivity contribution in [2.24, 2.45) is 0 Å². The van der Waals surface area contributed by atoms with Gasteiger partial charge in [0.2, 0.25) is 0 Å². The van der Waals surface area contributed by atoms with Crippen LogP contribution in [0, 0.1) is 6.54 Å². The predicted octanol–water partition coefficient (Wildman–Crippen LogP) is 2.89. The lowest BCUT2D eigenvalue weighted by molar-refractivity contribution is 0.0675. The summed E-state index contributed by atoms with van der Waals surface area (Å²) in [6, 6.07) is 16.8. The number of para-hydroxylation sites is 1. The molecule has 0 bridgehead atoms. The second-order valence-electron chi connectivity index (χ2n) is 5.10. The highest BCUT2D eigenvalue weighted by atomic mass is 16.5. The molecular formula is C17H15NO. The van der Waals surface area contributed by atoms with Crippen LogP contribution in [0.1, 0.15) is 16.7 Å². The Morgan fingerprint density at radius 1 is 1.00 bits per heavy atom. The molecule has 1 atom stereocenters. The number of hydrogen-bond acceptors (Lipinski definition) is 2. The number of ether oxygens (including phenoxy) is 1. The molecule has 0 saturated carbocycles. The summed E-state index contributed by atoms with van der Waals surface area (Å²) in [5.41, 5.74) is 3.88. The van der Waals surface area contributed by atoms with Crippen LogP contribution >= 0.6 is 0 Å². The SMILES string of the molecule is [C]1c2ccccc2CCN1C1Cc2ccccc2O1. The summed E-state index contributed by atoms with van der Waals surface area (Å²) in [6.45, 7) is 4.46. The van der Waals surface area contributed by atoms with Gasteiger partial charge in [-0.3, -0.25) is 4.90 Å². The van der Waals surface area contributed by atoms with Crippen molar-refractivity contribution in [2.45, 2.75) is 19.1 Å². The highest BCUT2D eigenvalue weighted by Gasteiger charge is 2.30. The molecule has 0 N–H and O–H groups in total. The first-order chi connectivity index (χ1) is 9.40. The Kier molecular flexibility index (Phi) is 2.56. The molecule has 2 aromatic carbocycles. The van der Waals surface area contributed by atoms with Crippen molar-refractivity contribution in [3.8, 4) is 5.75 Å². The Morgan fingerprint density at radius 2 is 1.79 bits per heavy atom. The molecule has 2 aliphatic heterocycles. The standard InChI is InChI=1S/C17H15NO/c1-2-7-15-12-18(10-9-13(15)5-1)17-11-14-6-3-4-8-16(14)19-17/h1-8,17H,9-11H2. The van der Waals surface area contributed by atoms with Gasteiger partial charge in [0.1, 0.15) is 5.75 Å². The molecule has 0 amide bonds. The molecule has 2 aliphatic rings. The molecule has 19 heavy (non-hydrogen) atoms. The molecule has 0 spiro atoms. The highest BCUT2D eigenvalue weighted by Crippen LogP contribution is 2.32. The van der Waals surface area contributed by atoms with Crippen molar-refractivity contribution < 1.29 is 4.74 Å². The summed E-state index contributed by atoms with van der Waals surface area (Å²) >= 11 is 0. The van der Waals surface area contributed by atoms with E-state index in [9.17, 15) is 0 Å². The van der Waals surface area contributed by atoms with Crippen LogP contribution in [0.15, 0.2) is 48.5 Å². The largest absolute Gasteiger partial charge is 0.474 e. The predicted molar refractivity (Wildman–Crippen MR) is 73.8 cm³/mol. The smallest absolute Gasteiger partial charge is 0.157 e. The van der Waals surface area contributed by atoms with Crippen molar-refractivity contribution in [1.82, 2.24) is 4.90 Å². The lowest BCUT2D eigenvalue weighted by Crippen LogP contribution is -2.40. The minimum Gasteiger partial charge on any atom is -0.474 e. The maximum Gasteiger partial charge on any atom is 0.157 e. The third-order valence-corrected chi connectivity index (χ3v) is 3.88. The zero-order valence-corrected chi connectivity index (χ0v) is 10.7. The minimum absolute atomic E-state index is 0.103. The maximum absolute atomic E-state index is 6.02. The Balaban J connectivity index is 1.54. The van der Waals surface area contributed by atoms with Gasteiger partial charge in [0.25, 0.3) is 0 Å². The zero-order valence-electron chi connectivity index (χ0n) is 10.7. The number of rotatable bonds is 1. The molecule has 2 heterocycles. The van der Waals surface area contributed by atoms with Crippen LogP contribution in [0.5, 0.6) is 5.75 Å². The molecule has 0 saturated heterocycles. The van der Waals surface area contributed by atoms with Gasteiger partial charge in [-0.2, -0.15) is 0 Å². The Hall–Kier alpha value is -1.80. The molecule has 2 aromatic rings. The van der Waals surface area contributed by atoms with E-state index in [1.807, 2.05) is 12.1 Å². The summed E-state index contributed by atoms with van der Waals surface area (Å²) in [4.78, 5) is 2.21. The van der Waals surface area contributed by atoms with Gasteiger partial charge in [0, 0.05) is 13.0 Å². The summed E-state index contributed by atoms with van der Waals surface area (Å²) in [7, 11) is 0. The number of benzene rings is 2. The third-order valence-electron chi connectivity index (χ3n) is 3.88. The van der Waals surface area contributed by atoms with E-state index < -0.39 is 0 Å². The van der Waals surface area contributed by atoms with E-state index in [4.69, 9.17) is 4.74 Å². The van der Waals surface area contributed by atoms with Crippen molar-refractivity contribution in [1.29, 1.82) is 0 Å². The second-order valence-corrected chi connectivity index (χ2v) is 5.10. The number of fused-ring (bicyclic) bond motifs is 2. The van der Waals surface area contributed by atoms with E-state index in [1.165, 1.54) is 16.7 Å². The molecule has 0 aromatic heterocycles. The van der Waals surface area contributed by atoms with Crippen LogP contribution in [-0.2, 0) is 12.8 Å². The van der Waals surface area contributed by atoms with Gasteiger partial charge in [-0.25, -0.2) is 0 Å². The fourth-order valence-corrected chi connectivity index (χ4v) is 2.85. The Bertz CT molecular complexity index is 583. The Labute approximate surface area is 113 Å². The van der Waals surface area contributed by atoms with Crippen molar-refractivity contribution >= 4 is 0 Å². The summed E-state index contributed by atoms with van der Waals surface area (Å²) in [5, 5.41) is 0. The second kappa shape index (κ2) is 4.39. The quantitative estimate of drug-likeness (QED) is 0.770. The molecule has 1 unspecified atom stereocenters. The van der Waals surface area contributed by atoms with E-state index in [0.717, 1.165) is 25.1 Å². The number of nitrogens with zero attached hydrogens (tertiary/aromatic N) is 1. The van der Waals surface area contributed by atoms with Gasteiger partial charge in [0.15, 0.2) is 6.23 Å². The van der Waals surface area contributed by atoms with Crippen molar-refractivity contribution in [3.63, 3.8) is 0 Å². The van der Waals surface area contributed by atoms with Gasteiger partial charge in [0.05, 0.1) is 6.54 Å². The van der Waals surface area contributed by atoms with E-state index in [-0.39, 0.29) is 6.23 Å². The van der Waals surface area contributed by atoms with Crippen LogP contribution in [0.4, 0.5) is 0 Å². The van der Waals surface area contributed by atoms with E-state index in [0.29, 0.717) is 0 Å². The van der Waals surface area contributed by atoms with Gasteiger partial charge < -0.3 is 4.74 Å². The molecular weight excluding hydrogens is 234 g/mol. The fraction of sp³-hybridized carbons (Fsp3) is 0.235. The fourth-order valence-electron chi connectivity index (χ4n) is 2.85. The van der Waals surface area contributed by atoms with Crippen molar-refractivity contribution in [2.75, 3.05) is 6.54 Å². The van der Waals surface area contributed by atoms with Crippen LogP contribution < -0.4 is 4.74 Å². The normalized spacial score (nSPS) is 21.6. The lowest BCUT2D eigenvalue weighted by atomic mass is 9.99. The van der Waals surface area contributed by atoms with Crippen LogP contribution in [0.25, 0.3) is 0 Å². The minimum atomic E-state index is 0.103. The third kappa shape index (κ3) is 1.92. The lowest BCUT2D eigenvalue weighted by Gasteiger charge is -2.31. The first-order valence-corrected chi connectivity index (χ1v) is 6.76. The molecule has 0 fully saturated rings. The van der Waals surface area contributed by atoms with E-state index >= 15 is 0 Å². The monoisotopic (exact) mass is 249 g/mol. The molecule has 94 valence electrons. The van der Waals surface area contributed by atoms with Crippen molar-refractivity contribution in [3.05, 3.63) is 71.8 Å². The molecule has 0 aliphatic carbocycles. The van der Waals surface area contributed by atoms with Crippen LogP contribution in [0.2, 0.25) is 0 Å². The zero-order chi connectivity index (χ0) is 12.7. The highest BCUT2D eigenvalue weighted by molar-refractivity contribution is 5.39. The van der Waals surface area contributed by atoms with Gasteiger partial charge >= 0.3 is 0 Å². The average Bonchev–Trinajstić information content (AvgIpc) is 2.90. The van der Waals surface area contributed by atoms with Crippen LogP contribution in [-0.4, -0.2) is 17.7 Å².